The molecular formula is C16H19N3O3. The van der Waals surface area contributed by atoms with Gasteiger partial charge in [-0.2, -0.15) is 0 Å². The van der Waals surface area contributed by atoms with Crippen molar-refractivity contribution in [2.24, 2.45) is 0 Å². The van der Waals surface area contributed by atoms with Crippen molar-refractivity contribution < 1.29 is 14.6 Å². The average Bonchev–Trinajstić information content (AvgIpc) is 2.96. The van der Waals surface area contributed by atoms with Crippen molar-refractivity contribution >= 4 is 5.97 Å². The number of morpholine rings is 1. The van der Waals surface area contributed by atoms with Crippen LogP contribution in [0, 0.1) is 0 Å². The number of ether oxygens (including phenoxy) is 1. The van der Waals surface area contributed by atoms with Crippen LogP contribution in [-0.2, 0) is 16.1 Å². The Kier molecular flexibility index (Phi) is 4.22. The van der Waals surface area contributed by atoms with Gasteiger partial charge in [0.25, 0.3) is 0 Å². The van der Waals surface area contributed by atoms with Crippen molar-refractivity contribution in [1.82, 2.24) is 14.5 Å². The lowest BCUT2D eigenvalue weighted by Crippen LogP contribution is -2.54. The van der Waals surface area contributed by atoms with Gasteiger partial charge in [0.1, 0.15) is 11.9 Å². The third kappa shape index (κ3) is 2.88. The van der Waals surface area contributed by atoms with Crippen molar-refractivity contribution in [3.63, 3.8) is 0 Å². The summed E-state index contributed by atoms with van der Waals surface area (Å²) in [5.74, 6) is -0.0310. The van der Waals surface area contributed by atoms with E-state index in [4.69, 9.17) is 4.74 Å². The molecule has 22 heavy (non-hydrogen) atoms. The molecule has 1 N–H and O–H groups in total. The summed E-state index contributed by atoms with van der Waals surface area (Å²) in [6.45, 7) is 3.40. The van der Waals surface area contributed by atoms with Crippen LogP contribution in [0.5, 0.6) is 0 Å². The van der Waals surface area contributed by atoms with Crippen molar-refractivity contribution in [3.8, 4) is 5.69 Å². The first kappa shape index (κ1) is 14.7. The summed E-state index contributed by atoms with van der Waals surface area (Å²) in [4.78, 5) is 17.8. The van der Waals surface area contributed by atoms with E-state index in [1.54, 1.807) is 13.1 Å². The second-order valence-corrected chi connectivity index (χ2v) is 5.38. The Morgan fingerprint density at radius 2 is 2.18 bits per heavy atom. The standard InChI is InChI=1S/C16H19N3O3/c1-12-15(16(20)21)18(9-10-22-12)11-14-17-7-8-19(14)13-5-3-2-4-6-13/h2-8,12,15H,9-11H2,1H3,(H,20,21)/t12-,15+/m1/s1. The van der Waals surface area contributed by atoms with E-state index in [0.29, 0.717) is 19.7 Å². The van der Waals surface area contributed by atoms with E-state index in [1.807, 2.05) is 46.0 Å². The van der Waals surface area contributed by atoms with Gasteiger partial charge in [0.05, 0.1) is 19.3 Å². The SMILES string of the molecule is C[C@H]1OCCN(Cc2nccn2-c2ccccc2)[C@@H]1C(=O)O. The number of benzene rings is 1. The summed E-state index contributed by atoms with van der Waals surface area (Å²) in [6, 6.07) is 9.26. The van der Waals surface area contributed by atoms with Crippen molar-refractivity contribution in [2.45, 2.75) is 25.6 Å². The maximum absolute atomic E-state index is 11.5. The molecule has 1 aromatic carbocycles. The van der Waals surface area contributed by atoms with Crippen LogP contribution in [0.15, 0.2) is 42.7 Å². The number of nitrogens with zero attached hydrogens (tertiary/aromatic N) is 3. The number of aromatic nitrogens is 2. The molecule has 0 amide bonds. The molecule has 1 saturated heterocycles. The lowest BCUT2D eigenvalue weighted by Gasteiger charge is -2.36. The highest BCUT2D eigenvalue weighted by atomic mass is 16.5. The van der Waals surface area contributed by atoms with E-state index >= 15 is 0 Å². The third-order valence-corrected chi connectivity index (χ3v) is 3.95. The first-order valence-corrected chi connectivity index (χ1v) is 7.33. The van der Waals surface area contributed by atoms with Gasteiger partial charge in [-0.15, -0.1) is 0 Å². The monoisotopic (exact) mass is 301 g/mol. The summed E-state index contributed by atoms with van der Waals surface area (Å²) in [7, 11) is 0. The van der Waals surface area contributed by atoms with Gasteiger partial charge >= 0.3 is 5.97 Å². The molecule has 0 unspecified atom stereocenters. The van der Waals surface area contributed by atoms with Crippen LogP contribution >= 0.6 is 0 Å². The first-order valence-electron chi connectivity index (χ1n) is 7.33. The zero-order chi connectivity index (χ0) is 15.5. The van der Waals surface area contributed by atoms with Gasteiger partial charge in [0.2, 0.25) is 0 Å². The van der Waals surface area contributed by atoms with Crippen LogP contribution < -0.4 is 0 Å². The Labute approximate surface area is 129 Å². The lowest BCUT2D eigenvalue weighted by atomic mass is 10.1. The predicted octanol–water partition coefficient (Wildman–Crippen LogP) is 1.55. The highest BCUT2D eigenvalue weighted by Gasteiger charge is 2.35. The third-order valence-electron chi connectivity index (χ3n) is 3.95. The molecule has 0 bridgehead atoms. The minimum Gasteiger partial charge on any atom is -0.480 e. The molecule has 3 rings (SSSR count). The number of carbonyl (C=O) groups is 1. The molecule has 1 aliphatic rings. The van der Waals surface area contributed by atoms with Gasteiger partial charge in [-0.05, 0) is 19.1 Å². The topological polar surface area (TPSA) is 67.6 Å². The maximum Gasteiger partial charge on any atom is 0.323 e. The number of aliphatic carboxylic acids is 1. The fourth-order valence-corrected chi connectivity index (χ4v) is 2.87. The predicted molar refractivity (Wildman–Crippen MR) is 80.8 cm³/mol. The Bertz CT molecular complexity index is 641. The zero-order valence-electron chi connectivity index (χ0n) is 12.4. The van der Waals surface area contributed by atoms with Gasteiger partial charge in [-0.25, -0.2) is 4.98 Å². The van der Waals surface area contributed by atoms with Gasteiger partial charge in [0, 0.05) is 24.6 Å². The summed E-state index contributed by atoms with van der Waals surface area (Å²) >= 11 is 0. The van der Waals surface area contributed by atoms with E-state index < -0.39 is 12.0 Å². The largest absolute Gasteiger partial charge is 0.480 e. The van der Waals surface area contributed by atoms with Crippen LogP contribution in [0.2, 0.25) is 0 Å². The number of hydrogen-bond acceptors (Lipinski definition) is 4. The molecule has 6 nitrogen and oxygen atoms in total. The van der Waals surface area contributed by atoms with Gasteiger partial charge < -0.3 is 14.4 Å². The second kappa shape index (κ2) is 6.29. The van der Waals surface area contributed by atoms with Gasteiger partial charge in [0.15, 0.2) is 0 Å². The van der Waals surface area contributed by atoms with Crippen molar-refractivity contribution in [2.75, 3.05) is 13.2 Å². The summed E-state index contributed by atoms with van der Waals surface area (Å²) in [5, 5.41) is 9.45. The highest BCUT2D eigenvalue weighted by molar-refractivity contribution is 5.74. The van der Waals surface area contributed by atoms with E-state index in [9.17, 15) is 9.90 Å². The second-order valence-electron chi connectivity index (χ2n) is 5.38. The van der Waals surface area contributed by atoms with Crippen molar-refractivity contribution in [1.29, 1.82) is 0 Å². The lowest BCUT2D eigenvalue weighted by molar-refractivity contribution is -0.156. The minimum absolute atomic E-state index is 0.327. The number of carboxylic acids is 1. The molecule has 0 aliphatic carbocycles. The molecule has 0 spiro atoms. The first-order chi connectivity index (χ1) is 10.7. The van der Waals surface area contributed by atoms with Crippen LogP contribution in [0.25, 0.3) is 5.69 Å². The van der Waals surface area contributed by atoms with Crippen LogP contribution in [-0.4, -0.2) is 50.8 Å². The van der Waals surface area contributed by atoms with Crippen LogP contribution in [0.4, 0.5) is 0 Å². The molecule has 0 radical (unpaired) electrons. The van der Waals surface area contributed by atoms with Gasteiger partial charge in [-0.1, -0.05) is 18.2 Å². The van der Waals surface area contributed by atoms with Crippen molar-refractivity contribution in [3.05, 3.63) is 48.5 Å². The molecule has 2 atom stereocenters. The molecule has 0 saturated carbocycles. The Hall–Kier alpha value is -2.18. The fourth-order valence-electron chi connectivity index (χ4n) is 2.87. The molecule has 1 aromatic heterocycles. The molecule has 1 aliphatic heterocycles. The van der Waals surface area contributed by atoms with E-state index in [2.05, 4.69) is 4.98 Å². The molecule has 116 valence electrons. The molecule has 1 fully saturated rings. The fraction of sp³-hybridized carbons (Fsp3) is 0.375. The Morgan fingerprint density at radius 3 is 2.91 bits per heavy atom. The molecule has 6 heteroatoms. The number of para-hydroxylation sites is 1. The van der Waals surface area contributed by atoms with E-state index in [0.717, 1.165) is 11.5 Å². The Balaban J connectivity index is 1.84. The number of imidazole rings is 1. The minimum atomic E-state index is -0.856. The van der Waals surface area contributed by atoms with E-state index in [1.165, 1.54) is 0 Å². The number of hydrogen-bond donors (Lipinski definition) is 1. The maximum atomic E-state index is 11.5. The average molecular weight is 301 g/mol. The normalized spacial score (nSPS) is 22.6. The van der Waals surface area contributed by atoms with Gasteiger partial charge in [-0.3, -0.25) is 9.69 Å². The number of carboxylic acid groups (broad SMARTS) is 1. The molecular weight excluding hydrogens is 282 g/mol. The smallest absolute Gasteiger partial charge is 0.323 e. The zero-order valence-corrected chi connectivity index (χ0v) is 12.4. The summed E-state index contributed by atoms with van der Waals surface area (Å²) in [6.07, 6.45) is 3.30. The molecule has 2 heterocycles. The number of rotatable bonds is 4. The van der Waals surface area contributed by atoms with E-state index in [-0.39, 0.29) is 6.10 Å². The summed E-state index contributed by atoms with van der Waals surface area (Å²) < 4.78 is 7.45. The van der Waals surface area contributed by atoms with Crippen LogP contribution in [0.3, 0.4) is 0 Å². The Morgan fingerprint density at radius 1 is 1.41 bits per heavy atom. The van der Waals surface area contributed by atoms with Crippen LogP contribution in [0.1, 0.15) is 12.7 Å². The summed E-state index contributed by atoms with van der Waals surface area (Å²) in [5.41, 5.74) is 1.02. The quantitative estimate of drug-likeness (QED) is 0.928. The molecule has 2 aromatic rings. The highest BCUT2D eigenvalue weighted by Crippen LogP contribution is 2.18.